The fourth-order valence-electron chi connectivity index (χ4n) is 1.04. The van der Waals surface area contributed by atoms with Gasteiger partial charge in [-0.3, -0.25) is 0 Å². The van der Waals surface area contributed by atoms with Gasteiger partial charge in [0, 0.05) is 13.1 Å². The minimum atomic E-state index is -1.11. The van der Waals surface area contributed by atoms with Gasteiger partial charge in [0.2, 0.25) is 0 Å². The van der Waals surface area contributed by atoms with Crippen molar-refractivity contribution in [1.29, 1.82) is 0 Å². The van der Waals surface area contributed by atoms with Crippen molar-refractivity contribution < 1.29 is 9.90 Å². The average molecular weight is 229 g/mol. The maximum Gasteiger partial charge on any atom is 0.356 e. The van der Waals surface area contributed by atoms with Crippen LogP contribution in [0.25, 0.3) is 0 Å². The Kier molecular flexibility index (Phi) is 3.52. The molecule has 0 fully saturated rings. The van der Waals surface area contributed by atoms with E-state index < -0.39 is 5.97 Å². The standard InChI is InChI=1S/C10H13ClN2O2/c1-6(2)13(3)8-5-4-7(11)9(12-8)10(14)15/h4-6H,1-3H3,(H,14,15). The Labute approximate surface area is 93.5 Å². The van der Waals surface area contributed by atoms with Crippen molar-refractivity contribution >= 4 is 23.4 Å². The maximum atomic E-state index is 10.8. The number of aromatic carboxylic acids is 1. The first-order valence-electron chi connectivity index (χ1n) is 4.56. The van der Waals surface area contributed by atoms with Crippen molar-refractivity contribution in [2.45, 2.75) is 19.9 Å². The number of hydrogen-bond acceptors (Lipinski definition) is 3. The molecule has 0 unspecified atom stereocenters. The van der Waals surface area contributed by atoms with Crippen molar-refractivity contribution in [2.75, 3.05) is 11.9 Å². The molecule has 5 heteroatoms. The van der Waals surface area contributed by atoms with Gasteiger partial charge >= 0.3 is 5.97 Å². The number of aromatic nitrogens is 1. The molecule has 1 aromatic rings. The Bertz CT molecular complexity index is 380. The molecule has 0 aliphatic heterocycles. The highest BCUT2D eigenvalue weighted by atomic mass is 35.5. The Balaban J connectivity index is 3.13. The van der Waals surface area contributed by atoms with Crippen molar-refractivity contribution in [3.63, 3.8) is 0 Å². The highest BCUT2D eigenvalue weighted by molar-refractivity contribution is 6.33. The van der Waals surface area contributed by atoms with Gasteiger partial charge in [0.1, 0.15) is 5.82 Å². The highest BCUT2D eigenvalue weighted by Crippen LogP contribution is 2.19. The van der Waals surface area contributed by atoms with Crippen molar-refractivity contribution in [3.05, 3.63) is 22.8 Å². The van der Waals surface area contributed by atoms with Gasteiger partial charge in [-0.1, -0.05) is 11.6 Å². The topological polar surface area (TPSA) is 53.4 Å². The van der Waals surface area contributed by atoms with Crippen LogP contribution in [-0.4, -0.2) is 29.1 Å². The molecule has 0 radical (unpaired) electrons. The van der Waals surface area contributed by atoms with Crippen LogP contribution in [0.2, 0.25) is 5.02 Å². The van der Waals surface area contributed by atoms with Gasteiger partial charge in [-0.15, -0.1) is 0 Å². The maximum absolute atomic E-state index is 10.8. The lowest BCUT2D eigenvalue weighted by Crippen LogP contribution is -2.27. The number of halogens is 1. The SMILES string of the molecule is CC(C)N(C)c1ccc(Cl)c(C(=O)O)n1. The highest BCUT2D eigenvalue weighted by Gasteiger charge is 2.14. The number of pyridine rings is 1. The quantitative estimate of drug-likeness (QED) is 0.863. The summed E-state index contributed by atoms with van der Waals surface area (Å²) in [5.41, 5.74) is -0.110. The van der Waals surface area contributed by atoms with Crippen molar-refractivity contribution in [2.24, 2.45) is 0 Å². The van der Waals surface area contributed by atoms with Gasteiger partial charge in [0.25, 0.3) is 0 Å². The van der Waals surface area contributed by atoms with Gasteiger partial charge in [-0.2, -0.15) is 0 Å². The summed E-state index contributed by atoms with van der Waals surface area (Å²) in [5, 5.41) is 9.00. The normalized spacial score (nSPS) is 10.5. The lowest BCUT2D eigenvalue weighted by atomic mass is 10.3. The number of nitrogens with zero attached hydrogens (tertiary/aromatic N) is 2. The van der Waals surface area contributed by atoms with Crippen LogP contribution in [0.3, 0.4) is 0 Å². The molecule has 0 aliphatic rings. The van der Waals surface area contributed by atoms with E-state index in [2.05, 4.69) is 4.98 Å². The predicted octanol–water partition coefficient (Wildman–Crippen LogP) is 2.28. The zero-order valence-electron chi connectivity index (χ0n) is 8.86. The third-order valence-corrected chi connectivity index (χ3v) is 2.47. The number of anilines is 1. The molecule has 0 aliphatic carbocycles. The average Bonchev–Trinajstić information content (AvgIpc) is 2.16. The summed E-state index contributed by atoms with van der Waals surface area (Å²) < 4.78 is 0. The van der Waals surface area contributed by atoms with Crippen LogP contribution in [-0.2, 0) is 0 Å². The lowest BCUT2D eigenvalue weighted by Gasteiger charge is -2.22. The second-order valence-electron chi connectivity index (χ2n) is 3.51. The number of carboxylic acids is 1. The molecular weight excluding hydrogens is 216 g/mol. The van der Waals surface area contributed by atoms with E-state index >= 15 is 0 Å². The van der Waals surface area contributed by atoms with E-state index in [1.54, 1.807) is 12.1 Å². The first-order valence-corrected chi connectivity index (χ1v) is 4.94. The van der Waals surface area contributed by atoms with E-state index in [9.17, 15) is 4.79 Å². The molecule has 0 bridgehead atoms. The van der Waals surface area contributed by atoms with Crippen LogP contribution in [0.15, 0.2) is 12.1 Å². The number of hydrogen-bond donors (Lipinski definition) is 1. The van der Waals surface area contributed by atoms with Gasteiger partial charge in [0.15, 0.2) is 5.69 Å². The van der Waals surface area contributed by atoms with Gasteiger partial charge in [0.05, 0.1) is 5.02 Å². The Hall–Kier alpha value is -1.29. The third-order valence-electron chi connectivity index (χ3n) is 2.17. The zero-order valence-corrected chi connectivity index (χ0v) is 9.62. The Morgan fingerprint density at radius 2 is 2.13 bits per heavy atom. The lowest BCUT2D eigenvalue weighted by molar-refractivity contribution is 0.0691. The van der Waals surface area contributed by atoms with E-state index in [1.165, 1.54) is 0 Å². The van der Waals surface area contributed by atoms with E-state index in [4.69, 9.17) is 16.7 Å². The molecule has 0 amide bonds. The number of carboxylic acid groups (broad SMARTS) is 1. The molecule has 4 nitrogen and oxygen atoms in total. The Morgan fingerprint density at radius 3 is 2.60 bits per heavy atom. The van der Waals surface area contributed by atoms with Gasteiger partial charge in [-0.05, 0) is 26.0 Å². The largest absolute Gasteiger partial charge is 0.476 e. The third kappa shape index (κ3) is 2.59. The summed E-state index contributed by atoms with van der Waals surface area (Å²) in [7, 11) is 1.85. The van der Waals surface area contributed by atoms with E-state index in [0.29, 0.717) is 5.82 Å². The molecule has 1 N–H and O–H groups in total. The minimum absolute atomic E-state index is 0.110. The van der Waals surface area contributed by atoms with Gasteiger partial charge in [-0.25, -0.2) is 9.78 Å². The summed E-state index contributed by atoms with van der Waals surface area (Å²) in [6.45, 7) is 3.99. The molecule has 1 rings (SSSR count). The summed E-state index contributed by atoms with van der Waals surface area (Å²) in [6, 6.07) is 3.50. The monoisotopic (exact) mass is 228 g/mol. The molecule has 0 spiro atoms. The fourth-order valence-corrected chi connectivity index (χ4v) is 1.23. The number of carbonyl (C=O) groups is 1. The van der Waals surface area contributed by atoms with Crippen molar-refractivity contribution in [3.8, 4) is 0 Å². The molecule has 1 heterocycles. The summed E-state index contributed by atoms with van der Waals surface area (Å²) in [4.78, 5) is 16.7. The van der Waals surface area contributed by atoms with E-state index in [0.717, 1.165) is 0 Å². The second-order valence-corrected chi connectivity index (χ2v) is 3.92. The van der Waals surface area contributed by atoms with E-state index in [1.807, 2.05) is 25.8 Å². The number of rotatable bonds is 3. The van der Waals surface area contributed by atoms with Crippen LogP contribution in [0, 0.1) is 0 Å². The zero-order chi connectivity index (χ0) is 11.6. The van der Waals surface area contributed by atoms with E-state index in [-0.39, 0.29) is 16.8 Å². The van der Waals surface area contributed by atoms with Crippen molar-refractivity contribution in [1.82, 2.24) is 4.98 Å². The van der Waals surface area contributed by atoms with Crippen LogP contribution < -0.4 is 4.90 Å². The smallest absolute Gasteiger partial charge is 0.356 e. The van der Waals surface area contributed by atoms with Gasteiger partial charge < -0.3 is 10.0 Å². The molecule has 15 heavy (non-hydrogen) atoms. The minimum Gasteiger partial charge on any atom is -0.476 e. The first kappa shape index (κ1) is 11.8. The van der Waals surface area contributed by atoms with Crippen LogP contribution in [0.5, 0.6) is 0 Å². The van der Waals surface area contributed by atoms with Crippen LogP contribution in [0.4, 0.5) is 5.82 Å². The molecule has 0 aromatic carbocycles. The Morgan fingerprint density at radius 1 is 1.53 bits per heavy atom. The molecular formula is C10H13ClN2O2. The molecule has 0 saturated heterocycles. The predicted molar refractivity (Wildman–Crippen MR) is 59.7 cm³/mol. The van der Waals surface area contributed by atoms with Crippen LogP contribution >= 0.6 is 11.6 Å². The molecule has 1 aromatic heterocycles. The first-order chi connectivity index (χ1) is 6.93. The molecule has 0 saturated carbocycles. The molecule has 0 atom stereocenters. The fraction of sp³-hybridized carbons (Fsp3) is 0.400. The second kappa shape index (κ2) is 4.49. The van der Waals surface area contributed by atoms with Crippen LogP contribution in [0.1, 0.15) is 24.3 Å². The molecule has 82 valence electrons. The summed E-state index contributed by atoms with van der Waals surface area (Å²) in [5.74, 6) is -0.509. The summed E-state index contributed by atoms with van der Waals surface area (Å²) in [6.07, 6.45) is 0. The summed E-state index contributed by atoms with van der Waals surface area (Å²) >= 11 is 5.71.